The van der Waals surface area contributed by atoms with Crippen LogP contribution >= 0.6 is 0 Å². The van der Waals surface area contributed by atoms with Crippen molar-refractivity contribution < 1.29 is 9.47 Å². The molecule has 6 nitrogen and oxygen atoms in total. The van der Waals surface area contributed by atoms with Crippen LogP contribution in [-0.2, 0) is 13.0 Å². The summed E-state index contributed by atoms with van der Waals surface area (Å²) >= 11 is 0. The smallest absolute Gasteiger partial charge is 0.191 e. The average molecular weight is 342 g/mol. The lowest BCUT2D eigenvalue weighted by Crippen LogP contribution is -2.38. The van der Waals surface area contributed by atoms with Gasteiger partial charge in [0, 0.05) is 19.3 Å². The average Bonchev–Trinajstić information content (AvgIpc) is 2.66. The number of nitrogens with one attached hydrogen (secondary N) is 2. The summed E-state index contributed by atoms with van der Waals surface area (Å²) in [6, 6.07) is 11.8. The van der Waals surface area contributed by atoms with E-state index in [0.29, 0.717) is 6.54 Å². The fourth-order valence-corrected chi connectivity index (χ4v) is 2.35. The minimum Gasteiger partial charge on any atom is -0.493 e. The Kier molecular flexibility index (Phi) is 7.56. The molecule has 1 heterocycles. The van der Waals surface area contributed by atoms with Gasteiger partial charge in [0.15, 0.2) is 17.5 Å². The first-order valence-electron chi connectivity index (χ1n) is 8.39. The van der Waals surface area contributed by atoms with E-state index >= 15 is 0 Å². The third kappa shape index (κ3) is 5.99. The van der Waals surface area contributed by atoms with Crippen LogP contribution in [0.5, 0.6) is 11.5 Å². The van der Waals surface area contributed by atoms with Gasteiger partial charge in [-0.15, -0.1) is 0 Å². The van der Waals surface area contributed by atoms with Gasteiger partial charge in [0.05, 0.1) is 26.5 Å². The highest BCUT2D eigenvalue weighted by Gasteiger charge is 2.05. The molecule has 2 rings (SSSR count). The van der Waals surface area contributed by atoms with E-state index in [1.54, 1.807) is 20.4 Å². The molecule has 0 atom stereocenters. The predicted molar refractivity (Wildman–Crippen MR) is 100 cm³/mol. The fraction of sp³-hybridized carbons (Fsp3) is 0.368. The molecule has 6 heteroatoms. The number of hydrogen-bond acceptors (Lipinski definition) is 4. The molecule has 1 aromatic carbocycles. The molecule has 0 saturated heterocycles. The number of guanidine groups is 1. The number of pyridine rings is 1. The van der Waals surface area contributed by atoms with E-state index in [2.05, 4.69) is 20.6 Å². The minimum absolute atomic E-state index is 0.548. The van der Waals surface area contributed by atoms with Gasteiger partial charge in [-0.3, -0.25) is 4.98 Å². The Morgan fingerprint density at radius 1 is 1.08 bits per heavy atom. The summed E-state index contributed by atoms with van der Waals surface area (Å²) in [7, 11) is 3.28. The van der Waals surface area contributed by atoms with Gasteiger partial charge in [-0.2, -0.15) is 0 Å². The lowest BCUT2D eigenvalue weighted by atomic mass is 10.1. The maximum Gasteiger partial charge on any atom is 0.191 e. The Morgan fingerprint density at radius 3 is 2.60 bits per heavy atom. The van der Waals surface area contributed by atoms with Crippen LogP contribution in [0.1, 0.15) is 18.2 Å². The van der Waals surface area contributed by atoms with Gasteiger partial charge in [0.25, 0.3) is 0 Å². The zero-order valence-electron chi connectivity index (χ0n) is 15.1. The molecule has 2 aromatic rings. The quantitative estimate of drug-likeness (QED) is 0.569. The molecule has 2 N–H and O–H groups in total. The summed E-state index contributed by atoms with van der Waals surface area (Å²) in [6.45, 7) is 4.17. The lowest BCUT2D eigenvalue weighted by Gasteiger charge is -2.12. The van der Waals surface area contributed by atoms with Crippen molar-refractivity contribution in [1.82, 2.24) is 15.6 Å². The molecule has 0 spiro atoms. The third-order valence-corrected chi connectivity index (χ3v) is 3.62. The lowest BCUT2D eigenvalue weighted by molar-refractivity contribution is 0.354. The summed E-state index contributed by atoms with van der Waals surface area (Å²) in [4.78, 5) is 8.85. The number of ether oxygens (including phenoxy) is 2. The van der Waals surface area contributed by atoms with Gasteiger partial charge in [0.2, 0.25) is 0 Å². The molecule has 0 aliphatic heterocycles. The molecule has 0 bridgehead atoms. The number of benzene rings is 1. The Morgan fingerprint density at radius 2 is 1.92 bits per heavy atom. The standard InChI is InChI=1S/C19H26N4O2/c1-4-20-19(23-14-16-7-5-6-11-21-16)22-12-10-15-8-9-17(24-2)18(13-15)25-3/h5-9,11,13H,4,10,12,14H2,1-3H3,(H2,20,22,23). The van der Waals surface area contributed by atoms with Crippen molar-refractivity contribution in [2.75, 3.05) is 27.3 Å². The highest BCUT2D eigenvalue weighted by Crippen LogP contribution is 2.27. The molecule has 0 aliphatic carbocycles. The molecular weight excluding hydrogens is 316 g/mol. The van der Waals surface area contributed by atoms with Crippen LogP contribution in [0.4, 0.5) is 0 Å². The zero-order valence-corrected chi connectivity index (χ0v) is 15.1. The van der Waals surface area contributed by atoms with Crippen molar-refractivity contribution in [1.29, 1.82) is 0 Å². The number of rotatable bonds is 8. The van der Waals surface area contributed by atoms with E-state index in [1.807, 2.05) is 43.3 Å². The number of nitrogens with zero attached hydrogens (tertiary/aromatic N) is 2. The van der Waals surface area contributed by atoms with E-state index in [9.17, 15) is 0 Å². The Labute approximate surface area is 149 Å². The van der Waals surface area contributed by atoms with Crippen molar-refractivity contribution >= 4 is 5.96 Å². The van der Waals surface area contributed by atoms with Gasteiger partial charge >= 0.3 is 0 Å². The van der Waals surface area contributed by atoms with Gasteiger partial charge in [-0.25, -0.2) is 4.99 Å². The highest BCUT2D eigenvalue weighted by molar-refractivity contribution is 5.79. The van der Waals surface area contributed by atoms with Crippen molar-refractivity contribution in [3.05, 3.63) is 53.9 Å². The number of hydrogen-bond donors (Lipinski definition) is 2. The van der Waals surface area contributed by atoms with Crippen LogP contribution in [-0.4, -0.2) is 38.3 Å². The highest BCUT2D eigenvalue weighted by atomic mass is 16.5. The topological polar surface area (TPSA) is 67.8 Å². The minimum atomic E-state index is 0.548. The van der Waals surface area contributed by atoms with Gasteiger partial charge in [0.1, 0.15) is 0 Å². The number of aromatic nitrogens is 1. The number of methoxy groups -OCH3 is 2. The van der Waals surface area contributed by atoms with E-state index in [-0.39, 0.29) is 0 Å². The molecule has 1 aromatic heterocycles. The van der Waals surface area contributed by atoms with E-state index < -0.39 is 0 Å². The first-order valence-corrected chi connectivity index (χ1v) is 8.39. The monoisotopic (exact) mass is 342 g/mol. The van der Waals surface area contributed by atoms with Crippen LogP contribution in [0, 0.1) is 0 Å². The maximum atomic E-state index is 5.34. The second-order valence-corrected chi connectivity index (χ2v) is 5.38. The Bertz CT molecular complexity index is 674. The predicted octanol–water partition coefficient (Wildman–Crippen LogP) is 2.40. The third-order valence-electron chi connectivity index (χ3n) is 3.62. The van der Waals surface area contributed by atoms with E-state index in [1.165, 1.54) is 5.56 Å². The first kappa shape index (κ1) is 18.6. The molecule has 134 valence electrons. The van der Waals surface area contributed by atoms with Crippen molar-refractivity contribution in [3.63, 3.8) is 0 Å². The molecule has 0 unspecified atom stereocenters. The van der Waals surface area contributed by atoms with Crippen LogP contribution in [0.3, 0.4) is 0 Å². The van der Waals surface area contributed by atoms with Gasteiger partial charge in [-0.1, -0.05) is 12.1 Å². The molecule has 0 radical (unpaired) electrons. The zero-order chi connectivity index (χ0) is 17.9. The van der Waals surface area contributed by atoms with E-state index in [4.69, 9.17) is 9.47 Å². The normalized spacial score (nSPS) is 11.1. The van der Waals surface area contributed by atoms with Crippen LogP contribution in [0.25, 0.3) is 0 Å². The van der Waals surface area contributed by atoms with Crippen molar-refractivity contribution in [3.8, 4) is 11.5 Å². The maximum absolute atomic E-state index is 5.34. The summed E-state index contributed by atoms with van der Waals surface area (Å²) in [5.74, 6) is 2.27. The summed E-state index contributed by atoms with van der Waals surface area (Å²) in [5.41, 5.74) is 2.12. The van der Waals surface area contributed by atoms with Crippen LogP contribution < -0.4 is 20.1 Å². The molecule has 0 aliphatic rings. The first-order chi connectivity index (χ1) is 12.3. The van der Waals surface area contributed by atoms with Crippen LogP contribution in [0.15, 0.2) is 47.6 Å². The molecule has 0 amide bonds. The molecule has 0 saturated carbocycles. The largest absolute Gasteiger partial charge is 0.493 e. The fourth-order valence-electron chi connectivity index (χ4n) is 2.35. The second-order valence-electron chi connectivity index (χ2n) is 5.38. The van der Waals surface area contributed by atoms with Crippen molar-refractivity contribution in [2.24, 2.45) is 4.99 Å². The molecule has 25 heavy (non-hydrogen) atoms. The Hall–Kier alpha value is -2.76. The number of aliphatic imine (C=N–C) groups is 1. The summed E-state index contributed by atoms with van der Waals surface area (Å²) in [5, 5.41) is 6.59. The van der Waals surface area contributed by atoms with Crippen LogP contribution in [0.2, 0.25) is 0 Å². The van der Waals surface area contributed by atoms with Gasteiger partial charge in [-0.05, 0) is 43.2 Å². The summed E-state index contributed by atoms with van der Waals surface area (Å²) in [6.07, 6.45) is 2.64. The SMILES string of the molecule is CCNC(=NCc1ccccn1)NCCc1ccc(OC)c(OC)c1. The Balaban J connectivity index is 1.90. The molecule has 0 fully saturated rings. The van der Waals surface area contributed by atoms with Crippen molar-refractivity contribution in [2.45, 2.75) is 19.9 Å². The second kappa shape index (κ2) is 10.2. The molecular formula is C19H26N4O2. The summed E-state index contributed by atoms with van der Waals surface area (Å²) < 4.78 is 10.6. The van der Waals surface area contributed by atoms with E-state index in [0.717, 1.165) is 42.7 Å². The van der Waals surface area contributed by atoms with Gasteiger partial charge < -0.3 is 20.1 Å².